The van der Waals surface area contributed by atoms with Crippen LogP contribution in [-0.4, -0.2) is 24.5 Å². The van der Waals surface area contributed by atoms with Crippen LogP contribution in [0.2, 0.25) is 0 Å². The number of hydrogen-bond donors (Lipinski definition) is 1. The van der Waals surface area contributed by atoms with Crippen LogP contribution in [0.3, 0.4) is 0 Å². The lowest BCUT2D eigenvalue weighted by molar-refractivity contribution is 0.194. The summed E-state index contributed by atoms with van der Waals surface area (Å²) in [5, 5.41) is 2.67. The molecule has 0 radical (unpaired) electrons. The Kier molecular flexibility index (Phi) is 4.57. The number of nitrogens with two attached hydrogens (primary N) is 1. The summed E-state index contributed by atoms with van der Waals surface area (Å²) >= 11 is 0. The highest BCUT2D eigenvalue weighted by molar-refractivity contribution is 5.86. The zero-order valence-electron chi connectivity index (χ0n) is 13.0. The van der Waals surface area contributed by atoms with Crippen LogP contribution in [0.5, 0.6) is 0 Å². The van der Waals surface area contributed by atoms with E-state index in [0.717, 1.165) is 12.5 Å². The Balaban J connectivity index is 1.95. The van der Waals surface area contributed by atoms with E-state index in [9.17, 15) is 0 Å². The van der Waals surface area contributed by atoms with Crippen molar-refractivity contribution in [3.63, 3.8) is 0 Å². The van der Waals surface area contributed by atoms with Gasteiger partial charge in [-0.3, -0.25) is 4.90 Å². The van der Waals surface area contributed by atoms with Crippen molar-refractivity contribution in [1.82, 2.24) is 4.90 Å². The molecular weight excluding hydrogens is 256 g/mol. The molecular formula is C19H26N2. The Bertz CT molecular complexity index is 584. The average Bonchev–Trinajstić information content (AvgIpc) is 3.32. The van der Waals surface area contributed by atoms with Gasteiger partial charge in [-0.2, -0.15) is 0 Å². The Morgan fingerprint density at radius 3 is 2.62 bits per heavy atom. The fraction of sp³-hybridized carbons (Fsp3) is 0.474. The molecule has 112 valence electrons. The summed E-state index contributed by atoms with van der Waals surface area (Å²) in [7, 11) is 0. The highest BCUT2D eigenvalue weighted by Crippen LogP contribution is 2.34. The van der Waals surface area contributed by atoms with E-state index in [4.69, 9.17) is 5.73 Å². The Morgan fingerprint density at radius 2 is 1.90 bits per heavy atom. The molecule has 0 aromatic heterocycles. The SMILES string of the molecule is CCCN(CC1CC1)C(CN)c1cccc2ccccc12. The van der Waals surface area contributed by atoms with Gasteiger partial charge in [0.2, 0.25) is 0 Å². The van der Waals surface area contributed by atoms with Crippen molar-refractivity contribution >= 4 is 10.8 Å². The molecule has 2 heteroatoms. The number of nitrogens with zero attached hydrogens (tertiary/aromatic N) is 1. The van der Waals surface area contributed by atoms with Crippen molar-refractivity contribution in [1.29, 1.82) is 0 Å². The first kappa shape index (κ1) is 14.6. The fourth-order valence-electron chi connectivity index (χ4n) is 3.31. The van der Waals surface area contributed by atoms with Crippen molar-refractivity contribution in [3.05, 3.63) is 48.0 Å². The monoisotopic (exact) mass is 282 g/mol. The van der Waals surface area contributed by atoms with Crippen molar-refractivity contribution in [2.24, 2.45) is 11.7 Å². The number of hydrogen-bond acceptors (Lipinski definition) is 2. The van der Waals surface area contributed by atoms with Crippen LogP contribution in [0.4, 0.5) is 0 Å². The first-order valence-corrected chi connectivity index (χ1v) is 8.25. The van der Waals surface area contributed by atoms with Crippen LogP contribution < -0.4 is 5.73 Å². The van der Waals surface area contributed by atoms with E-state index in [2.05, 4.69) is 54.3 Å². The number of fused-ring (bicyclic) bond motifs is 1. The molecule has 1 aliphatic rings. The number of benzene rings is 2. The Morgan fingerprint density at radius 1 is 1.14 bits per heavy atom. The topological polar surface area (TPSA) is 29.3 Å². The fourth-order valence-corrected chi connectivity index (χ4v) is 3.31. The summed E-state index contributed by atoms with van der Waals surface area (Å²) in [6.07, 6.45) is 3.98. The van der Waals surface area contributed by atoms with Gasteiger partial charge in [-0.1, -0.05) is 49.4 Å². The van der Waals surface area contributed by atoms with Gasteiger partial charge >= 0.3 is 0 Å². The summed E-state index contributed by atoms with van der Waals surface area (Å²) in [4.78, 5) is 2.61. The van der Waals surface area contributed by atoms with Crippen LogP contribution in [-0.2, 0) is 0 Å². The first-order valence-electron chi connectivity index (χ1n) is 8.25. The molecule has 1 atom stereocenters. The zero-order chi connectivity index (χ0) is 14.7. The van der Waals surface area contributed by atoms with E-state index in [1.165, 1.54) is 42.1 Å². The smallest absolute Gasteiger partial charge is 0.0476 e. The van der Waals surface area contributed by atoms with Gasteiger partial charge in [0.1, 0.15) is 0 Å². The molecule has 3 rings (SSSR count). The molecule has 2 aromatic rings. The maximum atomic E-state index is 6.18. The van der Waals surface area contributed by atoms with Gasteiger partial charge in [0.15, 0.2) is 0 Å². The lowest BCUT2D eigenvalue weighted by Crippen LogP contribution is -2.36. The maximum Gasteiger partial charge on any atom is 0.0476 e. The van der Waals surface area contributed by atoms with Crippen molar-refractivity contribution in [2.75, 3.05) is 19.6 Å². The van der Waals surface area contributed by atoms with Gasteiger partial charge < -0.3 is 5.73 Å². The molecule has 0 aliphatic heterocycles. The van der Waals surface area contributed by atoms with E-state index in [0.29, 0.717) is 12.6 Å². The third kappa shape index (κ3) is 3.28. The lowest BCUT2D eigenvalue weighted by Gasteiger charge is -2.32. The highest BCUT2D eigenvalue weighted by Gasteiger charge is 2.28. The Labute approximate surface area is 127 Å². The molecule has 2 aromatic carbocycles. The van der Waals surface area contributed by atoms with Crippen molar-refractivity contribution in [2.45, 2.75) is 32.2 Å². The van der Waals surface area contributed by atoms with Gasteiger partial charge in [0, 0.05) is 19.1 Å². The van der Waals surface area contributed by atoms with Gasteiger partial charge in [-0.05, 0) is 48.1 Å². The highest BCUT2D eigenvalue weighted by atomic mass is 15.2. The normalized spacial score (nSPS) is 16.5. The minimum atomic E-state index is 0.344. The Hall–Kier alpha value is -1.38. The molecule has 0 saturated heterocycles. The second-order valence-corrected chi connectivity index (χ2v) is 6.26. The zero-order valence-corrected chi connectivity index (χ0v) is 13.0. The molecule has 0 amide bonds. The minimum absolute atomic E-state index is 0.344. The summed E-state index contributed by atoms with van der Waals surface area (Å²) in [5.41, 5.74) is 7.57. The van der Waals surface area contributed by atoms with Gasteiger partial charge in [-0.15, -0.1) is 0 Å². The lowest BCUT2D eigenvalue weighted by atomic mass is 9.97. The molecule has 1 fully saturated rings. The standard InChI is InChI=1S/C19H26N2/c1-2-12-21(14-15-10-11-15)19(13-20)18-9-5-7-16-6-3-4-8-17(16)18/h3-9,15,19H,2,10-14,20H2,1H3. The molecule has 0 heterocycles. The van der Waals surface area contributed by atoms with Gasteiger partial charge in [0.25, 0.3) is 0 Å². The summed E-state index contributed by atoms with van der Waals surface area (Å²) in [6.45, 7) is 5.30. The second kappa shape index (κ2) is 6.59. The van der Waals surface area contributed by atoms with E-state index < -0.39 is 0 Å². The van der Waals surface area contributed by atoms with E-state index in [1.807, 2.05) is 0 Å². The summed E-state index contributed by atoms with van der Waals surface area (Å²) in [6, 6.07) is 15.6. The summed E-state index contributed by atoms with van der Waals surface area (Å²) in [5.74, 6) is 0.903. The minimum Gasteiger partial charge on any atom is -0.329 e. The van der Waals surface area contributed by atoms with E-state index in [1.54, 1.807) is 0 Å². The van der Waals surface area contributed by atoms with Gasteiger partial charge in [0.05, 0.1) is 0 Å². The van der Waals surface area contributed by atoms with E-state index >= 15 is 0 Å². The largest absolute Gasteiger partial charge is 0.329 e. The van der Waals surface area contributed by atoms with Crippen LogP contribution in [0, 0.1) is 5.92 Å². The second-order valence-electron chi connectivity index (χ2n) is 6.26. The molecule has 1 aliphatic carbocycles. The predicted molar refractivity (Wildman–Crippen MR) is 90.3 cm³/mol. The third-order valence-corrected chi connectivity index (χ3v) is 4.55. The van der Waals surface area contributed by atoms with Crippen molar-refractivity contribution < 1.29 is 0 Å². The molecule has 1 saturated carbocycles. The maximum absolute atomic E-state index is 6.18. The third-order valence-electron chi connectivity index (χ3n) is 4.55. The van der Waals surface area contributed by atoms with Crippen molar-refractivity contribution in [3.8, 4) is 0 Å². The molecule has 21 heavy (non-hydrogen) atoms. The quantitative estimate of drug-likeness (QED) is 0.833. The average molecular weight is 282 g/mol. The molecule has 0 spiro atoms. The van der Waals surface area contributed by atoms with Crippen LogP contribution in [0.1, 0.15) is 37.8 Å². The molecule has 2 N–H and O–H groups in total. The molecule has 1 unspecified atom stereocenters. The van der Waals surface area contributed by atoms with Gasteiger partial charge in [-0.25, -0.2) is 0 Å². The molecule has 0 bridgehead atoms. The predicted octanol–water partition coefficient (Wildman–Crippen LogP) is 3.96. The van der Waals surface area contributed by atoms with Crippen LogP contribution in [0.25, 0.3) is 10.8 Å². The van der Waals surface area contributed by atoms with Crippen LogP contribution in [0.15, 0.2) is 42.5 Å². The number of rotatable bonds is 7. The van der Waals surface area contributed by atoms with Crippen LogP contribution >= 0.6 is 0 Å². The molecule has 2 nitrogen and oxygen atoms in total. The summed E-state index contributed by atoms with van der Waals surface area (Å²) < 4.78 is 0. The first-order chi connectivity index (χ1) is 10.3. The van der Waals surface area contributed by atoms with E-state index in [-0.39, 0.29) is 0 Å².